The van der Waals surface area contributed by atoms with Crippen molar-refractivity contribution in [3.05, 3.63) is 22.2 Å². The number of aryl methyl sites for hydroxylation is 1. The van der Waals surface area contributed by atoms with Crippen LogP contribution in [-0.2, 0) is 6.42 Å². The molecule has 0 aromatic carbocycles. The second kappa shape index (κ2) is 5.65. The fraction of sp³-hybridized carbons (Fsp3) is 0.636. The Kier molecular flexibility index (Phi) is 4.49. The summed E-state index contributed by atoms with van der Waals surface area (Å²) in [6, 6.07) is 1.54. The molecule has 5 heteroatoms. The van der Waals surface area contributed by atoms with E-state index in [1.54, 1.807) is 0 Å². The Labute approximate surface area is 96.1 Å². The van der Waals surface area contributed by atoms with Crippen molar-refractivity contribution in [2.45, 2.75) is 13.3 Å². The minimum absolute atomic E-state index is 0.0847. The molecule has 1 aromatic rings. The number of nitrogens with one attached hydrogen (secondary N) is 1. The average molecular weight is 224 g/mol. The number of aromatic nitrogens is 2. The summed E-state index contributed by atoms with van der Waals surface area (Å²) >= 11 is 0. The summed E-state index contributed by atoms with van der Waals surface area (Å²) in [5, 5.41) is 0. The first-order valence-corrected chi connectivity index (χ1v) is 5.49. The molecule has 0 saturated heterocycles. The monoisotopic (exact) mass is 224 g/mol. The van der Waals surface area contributed by atoms with Crippen LogP contribution in [0, 0.1) is 0 Å². The Morgan fingerprint density at radius 3 is 2.56 bits per heavy atom. The predicted octanol–water partition coefficient (Wildman–Crippen LogP) is 0.330. The third-order valence-corrected chi connectivity index (χ3v) is 2.39. The van der Waals surface area contributed by atoms with Crippen molar-refractivity contribution in [3.63, 3.8) is 0 Å². The molecule has 0 unspecified atom stereocenters. The fourth-order valence-electron chi connectivity index (χ4n) is 1.32. The molecule has 90 valence electrons. The minimum Gasteiger partial charge on any atom is -0.358 e. The van der Waals surface area contributed by atoms with E-state index >= 15 is 0 Å². The van der Waals surface area contributed by atoms with Crippen molar-refractivity contribution in [3.8, 4) is 0 Å². The van der Waals surface area contributed by atoms with Gasteiger partial charge in [-0.05, 0) is 14.1 Å². The smallest absolute Gasteiger partial charge is 0.252 e. The Morgan fingerprint density at radius 1 is 1.31 bits per heavy atom. The van der Waals surface area contributed by atoms with Gasteiger partial charge in [0, 0.05) is 32.6 Å². The van der Waals surface area contributed by atoms with Crippen LogP contribution < -0.4 is 10.5 Å². The largest absolute Gasteiger partial charge is 0.358 e. The quantitative estimate of drug-likeness (QED) is 0.783. The van der Waals surface area contributed by atoms with Gasteiger partial charge in [-0.2, -0.15) is 0 Å². The lowest BCUT2D eigenvalue weighted by atomic mass is 10.4. The van der Waals surface area contributed by atoms with E-state index in [9.17, 15) is 4.79 Å². The third kappa shape index (κ3) is 3.66. The van der Waals surface area contributed by atoms with Gasteiger partial charge in [0.05, 0.1) is 0 Å². The number of nitrogens with zero attached hydrogens (tertiary/aromatic N) is 3. The molecular formula is C11H20N4O. The number of hydrogen-bond donors (Lipinski definition) is 1. The fourth-order valence-corrected chi connectivity index (χ4v) is 1.32. The first-order valence-electron chi connectivity index (χ1n) is 5.49. The molecule has 1 N–H and O–H groups in total. The Morgan fingerprint density at radius 2 is 2.00 bits per heavy atom. The second-order valence-corrected chi connectivity index (χ2v) is 4.13. The number of hydrogen-bond acceptors (Lipinski definition) is 4. The van der Waals surface area contributed by atoms with E-state index in [4.69, 9.17) is 0 Å². The maximum absolute atomic E-state index is 11.4. The molecule has 0 radical (unpaired) electrons. The molecule has 0 saturated carbocycles. The van der Waals surface area contributed by atoms with Crippen LogP contribution in [0.3, 0.4) is 0 Å². The van der Waals surface area contributed by atoms with Crippen LogP contribution in [0.15, 0.2) is 10.9 Å². The average Bonchev–Trinajstić information content (AvgIpc) is 2.24. The molecular weight excluding hydrogens is 204 g/mol. The van der Waals surface area contributed by atoms with Gasteiger partial charge in [-0.25, -0.2) is 4.98 Å². The molecule has 16 heavy (non-hydrogen) atoms. The molecule has 0 atom stereocenters. The van der Waals surface area contributed by atoms with E-state index in [0.717, 1.165) is 31.2 Å². The molecule has 0 bridgehead atoms. The summed E-state index contributed by atoms with van der Waals surface area (Å²) in [6.07, 6.45) is 0.741. The maximum Gasteiger partial charge on any atom is 0.252 e. The van der Waals surface area contributed by atoms with Gasteiger partial charge in [0.15, 0.2) is 0 Å². The highest BCUT2D eigenvalue weighted by Crippen LogP contribution is 2.05. The standard InChI is InChI=1S/C11H20N4O/c1-5-9-12-10(8-11(16)13-9)15(4)7-6-14(2)3/h8H,5-7H2,1-4H3,(H,12,13,16). The minimum atomic E-state index is -0.0847. The molecule has 1 rings (SSSR count). The van der Waals surface area contributed by atoms with Crippen LogP contribution in [0.1, 0.15) is 12.7 Å². The normalized spacial score (nSPS) is 10.8. The molecule has 0 fully saturated rings. The number of H-pyrrole nitrogens is 1. The summed E-state index contributed by atoms with van der Waals surface area (Å²) in [5.41, 5.74) is -0.0847. The number of anilines is 1. The van der Waals surface area contributed by atoms with Crippen molar-refractivity contribution in [1.29, 1.82) is 0 Å². The third-order valence-electron chi connectivity index (χ3n) is 2.39. The van der Waals surface area contributed by atoms with Gasteiger partial charge in [-0.15, -0.1) is 0 Å². The van der Waals surface area contributed by atoms with Crippen LogP contribution in [0.2, 0.25) is 0 Å². The van der Waals surface area contributed by atoms with Gasteiger partial charge in [0.2, 0.25) is 0 Å². The summed E-state index contributed by atoms with van der Waals surface area (Å²) in [6.45, 7) is 3.76. The Hall–Kier alpha value is -1.36. The van der Waals surface area contributed by atoms with Crippen molar-refractivity contribution in [2.75, 3.05) is 39.1 Å². The maximum atomic E-state index is 11.4. The predicted molar refractivity (Wildman–Crippen MR) is 66.1 cm³/mol. The number of aromatic amines is 1. The lowest BCUT2D eigenvalue weighted by Gasteiger charge is -2.20. The van der Waals surface area contributed by atoms with Crippen molar-refractivity contribution >= 4 is 5.82 Å². The van der Waals surface area contributed by atoms with Crippen LogP contribution in [0.25, 0.3) is 0 Å². The van der Waals surface area contributed by atoms with Crippen LogP contribution in [-0.4, -0.2) is 49.1 Å². The topological polar surface area (TPSA) is 52.2 Å². The van der Waals surface area contributed by atoms with Gasteiger partial charge in [-0.1, -0.05) is 6.92 Å². The molecule has 0 spiro atoms. The molecule has 1 aromatic heterocycles. The highest BCUT2D eigenvalue weighted by Gasteiger charge is 2.05. The molecule has 0 aliphatic carbocycles. The van der Waals surface area contributed by atoms with E-state index in [2.05, 4.69) is 14.9 Å². The van der Waals surface area contributed by atoms with E-state index in [1.165, 1.54) is 6.07 Å². The summed E-state index contributed by atoms with van der Waals surface area (Å²) in [7, 11) is 6.00. The zero-order valence-electron chi connectivity index (χ0n) is 10.4. The van der Waals surface area contributed by atoms with Gasteiger partial charge < -0.3 is 14.8 Å². The lowest BCUT2D eigenvalue weighted by Crippen LogP contribution is -2.30. The van der Waals surface area contributed by atoms with E-state index < -0.39 is 0 Å². The Bertz CT molecular complexity index is 386. The summed E-state index contributed by atoms with van der Waals surface area (Å²) < 4.78 is 0. The summed E-state index contributed by atoms with van der Waals surface area (Å²) in [4.78, 5) is 22.6. The molecule has 0 amide bonds. The van der Waals surface area contributed by atoms with Crippen LogP contribution in [0.4, 0.5) is 5.82 Å². The molecule has 5 nitrogen and oxygen atoms in total. The molecule has 0 aliphatic heterocycles. The van der Waals surface area contributed by atoms with E-state index in [0.29, 0.717) is 0 Å². The SMILES string of the molecule is CCc1nc(N(C)CCN(C)C)cc(=O)[nH]1. The van der Waals surface area contributed by atoms with Gasteiger partial charge in [0.25, 0.3) is 5.56 Å². The van der Waals surface area contributed by atoms with Gasteiger partial charge in [0.1, 0.15) is 11.6 Å². The molecule has 1 heterocycles. The van der Waals surface area contributed by atoms with Crippen LogP contribution in [0.5, 0.6) is 0 Å². The van der Waals surface area contributed by atoms with Gasteiger partial charge >= 0.3 is 0 Å². The number of rotatable bonds is 5. The zero-order valence-corrected chi connectivity index (χ0v) is 10.4. The van der Waals surface area contributed by atoms with E-state index in [1.807, 2.05) is 33.0 Å². The first kappa shape index (κ1) is 12.7. The second-order valence-electron chi connectivity index (χ2n) is 4.13. The highest BCUT2D eigenvalue weighted by molar-refractivity contribution is 5.36. The van der Waals surface area contributed by atoms with Gasteiger partial charge in [-0.3, -0.25) is 4.79 Å². The van der Waals surface area contributed by atoms with Crippen molar-refractivity contribution in [2.24, 2.45) is 0 Å². The lowest BCUT2D eigenvalue weighted by molar-refractivity contribution is 0.416. The van der Waals surface area contributed by atoms with Crippen LogP contribution >= 0.6 is 0 Å². The van der Waals surface area contributed by atoms with Crippen molar-refractivity contribution in [1.82, 2.24) is 14.9 Å². The van der Waals surface area contributed by atoms with Crippen molar-refractivity contribution < 1.29 is 0 Å². The Balaban J connectivity index is 2.78. The first-order chi connectivity index (χ1) is 7.52. The zero-order chi connectivity index (χ0) is 12.1. The summed E-state index contributed by atoms with van der Waals surface area (Å²) in [5.74, 6) is 1.47. The number of likely N-dealkylation sites (N-methyl/N-ethyl adjacent to an activating group) is 2. The van der Waals surface area contributed by atoms with E-state index in [-0.39, 0.29) is 5.56 Å². The highest BCUT2D eigenvalue weighted by atomic mass is 16.1. The molecule has 0 aliphatic rings.